The topological polar surface area (TPSA) is 33.3 Å². The van der Waals surface area contributed by atoms with Gasteiger partial charge in [0.25, 0.3) is 0 Å². The second kappa shape index (κ2) is 5.05. The highest BCUT2D eigenvalue weighted by Crippen LogP contribution is 2.36. The van der Waals surface area contributed by atoms with Gasteiger partial charge in [-0.15, -0.1) is 5.59 Å². The monoisotopic (exact) mass is 254 g/mol. The molecule has 6 heteroatoms. The predicted octanol–water partition coefficient (Wildman–Crippen LogP) is 3.43. The molecule has 0 fully saturated rings. The summed E-state index contributed by atoms with van der Waals surface area (Å²) < 4.78 is 0. The van der Waals surface area contributed by atoms with E-state index < -0.39 is 0 Å². The highest BCUT2D eigenvalue weighted by molar-refractivity contribution is 6.44. The number of hydrogen-bond donors (Lipinski definition) is 2. The van der Waals surface area contributed by atoms with E-state index in [1.54, 1.807) is 13.0 Å². The first-order valence-electron chi connectivity index (χ1n) is 3.76. The Hall–Kier alpha value is -0.190. The van der Waals surface area contributed by atoms with Crippen LogP contribution < -0.4 is 11.0 Å². The Morgan fingerprint density at radius 1 is 1.21 bits per heavy atom. The molecule has 1 rings (SSSR count). The molecule has 0 aliphatic carbocycles. The maximum Gasteiger partial charge on any atom is 0.0714 e. The first-order chi connectivity index (χ1) is 6.57. The van der Waals surface area contributed by atoms with Gasteiger partial charge in [0.05, 0.1) is 27.9 Å². The molecule has 14 heavy (non-hydrogen) atoms. The quantitative estimate of drug-likeness (QED) is 0.641. The van der Waals surface area contributed by atoms with Gasteiger partial charge in [-0.2, -0.15) is 0 Å². The van der Waals surface area contributed by atoms with E-state index in [4.69, 9.17) is 34.8 Å². The maximum absolute atomic E-state index is 6.01. The number of hydrazine groups is 1. The summed E-state index contributed by atoms with van der Waals surface area (Å²) in [5.41, 5.74) is 6.50. The standard InChI is InChI=1S/C8H9Cl3N2O/c1-4-7(10)5(9)3-6(8(4)11)12-13-14-2/h3,12-13H,1-2H3. The molecule has 0 unspecified atom stereocenters. The molecule has 0 atom stereocenters. The van der Waals surface area contributed by atoms with Gasteiger partial charge in [0.2, 0.25) is 0 Å². The average Bonchev–Trinajstić information content (AvgIpc) is 2.18. The minimum absolute atomic E-state index is 0.439. The molecule has 0 aromatic heterocycles. The van der Waals surface area contributed by atoms with E-state index in [1.807, 2.05) is 0 Å². The van der Waals surface area contributed by atoms with Crippen molar-refractivity contribution in [3.8, 4) is 0 Å². The van der Waals surface area contributed by atoms with Crippen molar-refractivity contribution in [1.82, 2.24) is 5.59 Å². The van der Waals surface area contributed by atoms with E-state index in [1.165, 1.54) is 7.11 Å². The Balaban J connectivity index is 3.06. The number of halogens is 3. The van der Waals surface area contributed by atoms with Gasteiger partial charge in [-0.05, 0) is 18.6 Å². The van der Waals surface area contributed by atoms with E-state index in [-0.39, 0.29) is 0 Å². The molecule has 0 aliphatic rings. The largest absolute Gasteiger partial charge is 0.297 e. The number of benzene rings is 1. The molecule has 2 N–H and O–H groups in total. The van der Waals surface area contributed by atoms with Crippen LogP contribution in [0.2, 0.25) is 15.1 Å². The van der Waals surface area contributed by atoms with Gasteiger partial charge in [-0.3, -0.25) is 10.3 Å². The normalized spacial score (nSPS) is 10.4. The third-order valence-corrected chi connectivity index (χ3v) is 3.03. The van der Waals surface area contributed by atoms with Crippen molar-refractivity contribution in [1.29, 1.82) is 0 Å². The lowest BCUT2D eigenvalue weighted by Gasteiger charge is -2.11. The number of hydrogen-bond acceptors (Lipinski definition) is 3. The lowest BCUT2D eigenvalue weighted by atomic mass is 10.2. The van der Waals surface area contributed by atoms with Crippen LogP contribution in [0.5, 0.6) is 0 Å². The Labute approximate surface area is 97.2 Å². The van der Waals surface area contributed by atoms with Crippen LogP contribution in [-0.2, 0) is 4.84 Å². The summed E-state index contributed by atoms with van der Waals surface area (Å²) in [4.78, 5) is 4.61. The van der Waals surface area contributed by atoms with Gasteiger partial charge in [0.1, 0.15) is 0 Å². The minimum atomic E-state index is 0.439. The van der Waals surface area contributed by atoms with Crippen molar-refractivity contribution in [3.63, 3.8) is 0 Å². The van der Waals surface area contributed by atoms with Crippen LogP contribution in [0.3, 0.4) is 0 Å². The van der Waals surface area contributed by atoms with Gasteiger partial charge >= 0.3 is 0 Å². The summed E-state index contributed by atoms with van der Waals surface area (Å²) >= 11 is 17.8. The van der Waals surface area contributed by atoms with Gasteiger partial charge in [-0.25, -0.2) is 0 Å². The molecular weight excluding hydrogens is 246 g/mol. The number of nitrogens with one attached hydrogen (secondary N) is 2. The molecule has 3 nitrogen and oxygen atoms in total. The SMILES string of the molecule is CONNc1cc(Cl)c(Cl)c(C)c1Cl. The van der Waals surface area contributed by atoms with Crippen molar-refractivity contribution in [2.24, 2.45) is 0 Å². The lowest BCUT2D eigenvalue weighted by Crippen LogP contribution is -2.20. The molecule has 1 aromatic carbocycles. The van der Waals surface area contributed by atoms with Crippen molar-refractivity contribution in [2.75, 3.05) is 12.5 Å². The van der Waals surface area contributed by atoms with Crippen molar-refractivity contribution < 1.29 is 4.84 Å². The fraction of sp³-hybridized carbons (Fsp3) is 0.250. The van der Waals surface area contributed by atoms with Crippen LogP contribution in [0.25, 0.3) is 0 Å². The van der Waals surface area contributed by atoms with Crippen LogP contribution in [0.15, 0.2) is 6.07 Å². The zero-order valence-electron chi connectivity index (χ0n) is 7.62. The minimum Gasteiger partial charge on any atom is -0.297 e. The Bertz CT molecular complexity index is 344. The molecule has 0 spiro atoms. The highest BCUT2D eigenvalue weighted by Gasteiger charge is 2.10. The third kappa shape index (κ3) is 2.43. The number of anilines is 1. The lowest BCUT2D eigenvalue weighted by molar-refractivity contribution is 0.111. The highest BCUT2D eigenvalue weighted by atomic mass is 35.5. The molecule has 0 heterocycles. The molecular formula is C8H9Cl3N2O. The molecule has 0 bridgehead atoms. The molecule has 0 saturated carbocycles. The van der Waals surface area contributed by atoms with Crippen LogP contribution in [0, 0.1) is 6.92 Å². The predicted molar refractivity (Wildman–Crippen MR) is 60.0 cm³/mol. The zero-order valence-corrected chi connectivity index (χ0v) is 9.89. The van der Waals surface area contributed by atoms with Crippen LogP contribution in [-0.4, -0.2) is 7.11 Å². The summed E-state index contributed by atoms with van der Waals surface area (Å²) in [5.74, 6) is 0. The number of rotatable bonds is 3. The van der Waals surface area contributed by atoms with Crippen LogP contribution >= 0.6 is 34.8 Å². The Kier molecular flexibility index (Phi) is 4.29. The van der Waals surface area contributed by atoms with E-state index in [9.17, 15) is 0 Å². The molecule has 0 aliphatic heterocycles. The zero-order chi connectivity index (χ0) is 10.7. The van der Waals surface area contributed by atoms with Gasteiger partial charge in [0, 0.05) is 0 Å². The second-order valence-electron chi connectivity index (χ2n) is 2.59. The third-order valence-electron chi connectivity index (χ3n) is 1.66. The van der Waals surface area contributed by atoms with E-state index in [0.717, 1.165) is 5.56 Å². The fourth-order valence-electron chi connectivity index (χ4n) is 0.928. The summed E-state index contributed by atoms with van der Waals surface area (Å²) in [6.07, 6.45) is 0. The van der Waals surface area contributed by atoms with Crippen molar-refractivity contribution in [3.05, 3.63) is 26.7 Å². The Morgan fingerprint density at radius 2 is 1.86 bits per heavy atom. The van der Waals surface area contributed by atoms with E-state index in [2.05, 4.69) is 15.9 Å². The second-order valence-corrected chi connectivity index (χ2v) is 3.75. The molecule has 0 saturated heterocycles. The van der Waals surface area contributed by atoms with Crippen LogP contribution in [0.4, 0.5) is 5.69 Å². The first-order valence-corrected chi connectivity index (χ1v) is 4.89. The molecule has 1 aromatic rings. The van der Waals surface area contributed by atoms with Gasteiger partial charge in [0.15, 0.2) is 0 Å². The fourth-order valence-corrected chi connectivity index (χ4v) is 1.57. The van der Waals surface area contributed by atoms with Crippen molar-refractivity contribution >= 4 is 40.5 Å². The smallest absolute Gasteiger partial charge is 0.0714 e. The van der Waals surface area contributed by atoms with Gasteiger partial charge < -0.3 is 0 Å². The van der Waals surface area contributed by atoms with Gasteiger partial charge in [-0.1, -0.05) is 34.8 Å². The van der Waals surface area contributed by atoms with E-state index in [0.29, 0.717) is 20.8 Å². The summed E-state index contributed by atoms with van der Waals surface area (Å²) in [7, 11) is 1.48. The molecule has 0 amide bonds. The molecule has 0 radical (unpaired) electrons. The van der Waals surface area contributed by atoms with E-state index >= 15 is 0 Å². The maximum atomic E-state index is 6.01. The molecule has 78 valence electrons. The van der Waals surface area contributed by atoms with Crippen molar-refractivity contribution in [2.45, 2.75) is 6.92 Å². The first kappa shape index (κ1) is 11.9. The summed E-state index contributed by atoms with van der Waals surface area (Å²) in [6.45, 7) is 1.79. The average molecular weight is 256 g/mol. The Morgan fingerprint density at radius 3 is 2.43 bits per heavy atom. The summed E-state index contributed by atoms with van der Waals surface area (Å²) in [5, 5.41) is 1.40. The van der Waals surface area contributed by atoms with Crippen LogP contribution in [0.1, 0.15) is 5.56 Å². The summed E-state index contributed by atoms with van der Waals surface area (Å²) in [6, 6.07) is 1.62.